The van der Waals surface area contributed by atoms with E-state index in [-0.39, 0.29) is 18.0 Å². The van der Waals surface area contributed by atoms with Gasteiger partial charge in [-0.25, -0.2) is 13.9 Å². The second-order valence-electron chi connectivity index (χ2n) is 4.02. The Kier molecular flexibility index (Phi) is 3.50. The normalized spacial score (nSPS) is 10.5. The number of halogens is 1. The fourth-order valence-electron chi connectivity index (χ4n) is 1.68. The second-order valence-corrected chi connectivity index (χ2v) is 4.02. The van der Waals surface area contributed by atoms with Crippen molar-refractivity contribution in [1.29, 1.82) is 0 Å². The summed E-state index contributed by atoms with van der Waals surface area (Å²) in [6, 6.07) is 5.46. The van der Waals surface area contributed by atoms with Crippen molar-refractivity contribution in [2.45, 2.75) is 13.8 Å². The maximum absolute atomic E-state index is 13.7. The third-order valence-electron chi connectivity index (χ3n) is 2.56. The number of benzene rings is 1. The number of nitrogens with zero attached hydrogens (tertiary/aromatic N) is 1. The summed E-state index contributed by atoms with van der Waals surface area (Å²) in [5.41, 5.74) is 0.344. The van der Waals surface area contributed by atoms with Crippen molar-refractivity contribution in [2.75, 3.05) is 6.61 Å². The van der Waals surface area contributed by atoms with Gasteiger partial charge in [-0.15, -0.1) is 0 Å². The van der Waals surface area contributed by atoms with Gasteiger partial charge < -0.3 is 4.74 Å². The molecule has 0 unspecified atom stereocenters. The molecule has 2 rings (SSSR count). The first-order valence-corrected chi connectivity index (χ1v) is 5.78. The minimum absolute atomic E-state index is 0.00671. The minimum atomic E-state index is -0.647. The van der Waals surface area contributed by atoms with E-state index >= 15 is 0 Å². The zero-order valence-electron chi connectivity index (χ0n) is 10.6. The Labute approximate surface area is 108 Å². The molecule has 100 valence electrons. The third-order valence-corrected chi connectivity index (χ3v) is 2.56. The van der Waals surface area contributed by atoms with Crippen molar-refractivity contribution in [1.82, 2.24) is 9.78 Å². The molecule has 0 radical (unpaired) electrons. The monoisotopic (exact) mass is 264 g/mol. The molecule has 0 aliphatic carbocycles. The lowest BCUT2D eigenvalue weighted by molar-refractivity contribution is 0.0519. The molecule has 5 nitrogen and oxygen atoms in total. The van der Waals surface area contributed by atoms with Crippen LogP contribution >= 0.6 is 0 Å². The number of aryl methyl sites for hydroxylation is 1. The summed E-state index contributed by atoms with van der Waals surface area (Å²) in [6.07, 6.45) is 0. The molecule has 0 saturated carbocycles. The van der Waals surface area contributed by atoms with Crippen molar-refractivity contribution >= 4 is 5.97 Å². The molecule has 1 aromatic carbocycles. The van der Waals surface area contributed by atoms with Gasteiger partial charge in [0, 0.05) is 6.07 Å². The van der Waals surface area contributed by atoms with Gasteiger partial charge in [0.25, 0.3) is 5.56 Å². The van der Waals surface area contributed by atoms with Crippen LogP contribution in [-0.4, -0.2) is 22.4 Å². The first-order chi connectivity index (χ1) is 9.02. The van der Waals surface area contributed by atoms with Gasteiger partial charge in [0.1, 0.15) is 17.2 Å². The number of rotatable bonds is 3. The second kappa shape index (κ2) is 5.09. The molecular formula is C13H13FN2O3. The predicted octanol–water partition coefficient (Wildman–Crippen LogP) is 1.79. The van der Waals surface area contributed by atoms with E-state index in [2.05, 4.69) is 5.10 Å². The highest BCUT2D eigenvalue weighted by atomic mass is 19.1. The highest BCUT2D eigenvalue weighted by Gasteiger charge is 2.15. The molecule has 0 spiro atoms. The first kappa shape index (κ1) is 13.1. The van der Waals surface area contributed by atoms with Crippen LogP contribution in [0.1, 0.15) is 23.0 Å². The Morgan fingerprint density at radius 1 is 1.42 bits per heavy atom. The molecule has 0 saturated heterocycles. The fourth-order valence-corrected chi connectivity index (χ4v) is 1.68. The number of hydrogen-bond donors (Lipinski definition) is 1. The zero-order chi connectivity index (χ0) is 14.0. The lowest BCUT2D eigenvalue weighted by Gasteiger charge is -2.05. The van der Waals surface area contributed by atoms with Crippen LogP contribution in [0, 0.1) is 12.7 Å². The summed E-state index contributed by atoms with van der Waals surface area (Å²) < 4.78 is 19.4. The molecular weight excluding hydrogens is 251 g/mol. The largest absolute Gasteiger partial charge is 0.461 e. The number of aromatic nitrogens is 2. The number of aromatic amines is 1. The van der Waals surface area contributed by atoms with Crippen LogP contribution in [0.25, 0.3) is 5.69 Å². The molecule has 0 atom stereocenters. The molecule has 19 heavy (non-hydrogen) atoms. The van der Waals surface area contributed by atoms with E-state index in [1.54, 1.807) is 19.9 Å². The molecule has 6 heteroatoms. The van der Waals surface area contributed by atoms with Crippen molar-refractivity contribution < 1.29 is 13.9 Å². The third kappa shape index (κ3) is 2.57. The molecule has 0 bridgehead atoms. The van der Waals surface area contributed by atoms with Gasteiger partial charge >= 0.3 is 5.97 Å². The van der Waals surface area contributed by atoms with Crippen molar-refractivity contribution in [3.8, 4) is 5.69 Å². The molecule has 0 fully saturated rings. The number of nitrogens with one attached hydrogen (secondary N) is 1. The Morgan fingerprint density at radius 3 is 2.84 bits per heavy atom. The van der Waals surface area contributed by atoms with Gasteiger partial charge in [-0.3, -0.25) is 9.89 Å². The summed E-state index contributed by atoms with van der Waals surface area (Å²) in [5.74, 6) is -1.20. The molecule has 1 N–H and O–H groups in total. The molecule has 1 aromatic heterocycles. The maximum Gasteiger partial charge on any atom is 0.356 e. The zero-order valence-corrected chi connectivity index (χ0v) is 10.6. The van der Waals surface area contributed by atoms with E-state index in [0.717, 1.165) is 16.3 Å². The quantitative estimate of drug-likeness (QED) is 0.859. The maximum atomic E-state index is 13.7. The summed E-state index contributed by atoms with van der Waals surface area (Å²) in [7, 11) is 0. The van der Waals surface area contributed by atoms with E-state index in [9.17, 15) is 14.0 Å². The van der Waals surface area contributed by atoms with Crippen LogP contribution in [0.3, 0.4) is 0 Å². The minimum Gasteiger partial charge on any atom is -0.461 e. The highest BCUT2D eigenvalue weighted by molar-refractivity contribution is 5.87. The summed E-state index contributed by atoms with van der Waals surface area (Å²) >= 11 is 0. The summed E-state index contributed by atoms with van der Waals surface area (Å²) in [6.45, 7) is 3.64. The molecule has 0 aliphatic heterocycles. The van der Waals surface area contributed by atoms with Gasteiger partial charge in [0.15, 0.2) is 0 Å². The number of carbonyl (C=O) groups excluding carboxylic acids is 1. The van der Waals surface area contributed by atoms with Crippen LogP contribution in [-0.2, 0) is 4.74 Å². The summed E-state index contributed by atoms with van der Waals surface area (Å²) in [5, 5.41) is 2.54. The standard InChI is InChI=1S/C13H13FN2O3/c1-3-19-13(18)10-7-12(17)16(15-10)11-6-8(2)4-5-9(11)14/h4-7,15H,3H2,1-2H3. The van der Waals surface area contributed by atoms with Gasteiger partial charge in [-0.1, -0.05) is 6.07 Å². The average Bonchev–Trinajstić information content (AvgIpc) is 2.75. The lowest BCUT2D eigenvalue weighted by atomic mass is 10.2. The molecule has 0 aliphatic rings. The number of hydrogen-bond acceptors (Lipinski definition) is 3. The molecule has 0 amide bonds. The van der Waals surface area contributed by atoms with Crippen LogP contribution in [0.4, 0.5) is 4.39 Å². The SMILES string of the molecule is CCOC(=O)c1cc(=O)n(-c2cc(C)ccc2F)[nH]1. The Bertz CT molecular complexity index is 673. The lowest BCUT2D eigenvalue weighted by Crippen LogP contribution is -2.15. The van der Waals surface area contributed by atoms with Crippen LogP contribution in [0.15, 0.2) is 29.1 Å². The van der Waals surface area contributed by atoms with E-state index in [1.165, 1.54) is 12.1 Å². The van der Waals surface area contributed by atoms with Gasteiger partial charge in [-0.2, -0.15) is 0 Å². The Hall–Kier alpha value is -2.37. The van der Waals surface area contributed by atoms with Gasteiger partial charge in [0.2, 0.25) is 0 Å². The fraction of sp³-hybridized carbons (Fsp3) is 0.231. The van der Waals surface area contributed by atoms with Crippen molar-refractivity contribution in [3.05, 3.63) is 51.7 Å². The molecule has 2 aromatic rings. The van der Waals surface area contributed by atoms with Gasteiger partial charge in [0.05, 0.1) is 6.61 Å². The number of H-pyrrole nitrogens is 1. The number of carbonyl (C=O) groups is 1. The van der Waals surface area contributed by atoms with Crippen molar-refractivity contribution in [2.24, 2.45) is 0 Å². The van der Waals surface area contributed by atoms with E-state index in [0.29, 0.717) is 0 Å². The number of esters is 1. The van der Waals surface area contributed by atoms with Crippen LogP contribution < -0.4 is 5.56 Å². The average molecular weight is 264 g/mol. The van der Waals surface area contributed by atoms with Crippen molar-refractivity contribution in [3.63, 3.8) is 0 Å². The van der Waals surface area contributed by atoms with Crippen LogP contribution in [0.2, 0.25) is 0 Å². The van der Waals surface area contributed by atoms with E-state index in [4.69, 9.17) is 4.74 Å². The Balaban J connectivity index is 2.49. The Morgan fingerprint density at radius 2 is 2.16 bits per heavy atom. The topological polar surface area (TPSA) is 64.1 Å². The predicted molar refractivity (Wildman–Crippen MR) is 67.0 cm³/mol. The number of ether oxygens (including phenoxy) is 1. The molecule has 1 heterocycles. The van der Waals surface area contributed by atoms with Gasteiger partial charge in [-0.05, 0) is 31.5 Å². The first-order valence-electron chi connectivity index (χ1n) is 5.78. The summed E-state index contributed by atoms with van der Waals surface area (Å²) in [4.78, 5) is 23.3. The van der Waals surface area contributed by atoms with E-state index < -0.39 is 17.3 Å². The van der Waals surface area contributed by atoms with Crippen LogP contribution in [0.5, 0.6) is 0 Å². The smallest absolute Gasteiger partial charge is 0.356 e. The van der Waals surface area contributed by atoms with E-state index in [1.807, 2.05) is 0 Å². The highest BCUT2D eigenvalue weighted by Crippen LogP contribution is 2.13.